The molecule has 0 saturated carbocycles. The number of carbonyl (C=O) groups is 3. The fourth-order valence-electron chi connectivity index (χ4n) is 5.49. The zero-order valence-electron chi connectivity index (χ0n) is 17.9. The molecule has 0 radical (unpaired) electrons. The molecule has 2 N–H and O–H groups in total. The fraction of sp³-hybridized carbons (Fsp3) is 0.609. The van der Waals surface area contributed by atoms with E-state index in [1.165, 1.54) is 12.8 Å². The second-order valence-electron chi connectivity index (χ2n) is 9.16. The van der Waals surface area contributed by atoms with E-state index in [1.54, 1.807) is 4.90 Å². The molecule has 8 nitrogen and oxygen atoms in total. The Morgan fingerprint density at radius 2 is 1.87 bits per heavy atom. The summed E-state index contributed by atoms with van der Waals surface area (Å²) in [5.74, 6) is -0.687. The molecule has 0 bridgehead atoms. The van der Waals surface area contributed by atoms with Crippen molar-refractivity contribution in [2.45, 2.75) is 50.9 Å². The average Bonchev–Trinajstić information content (AvgIpc) is 3.12. The lowest BCUT2D eigenvalue weighted by Gasteiger charge is -2.41. The molecule has 0 spiro atoms. The monoisotopic (exact) mass is 425 g/mol. The average molecular weight is 426 g/mol. The maximum atomic E-state index is 13.3. The van der Waals surface area contributed by atoms with E-state index in [9.17, 15) is 14.4 Å². The standard InChI is InChI=1S/C23H31N5O3/c29-20-7-6-19(22(30)25-20)28-15-17-4-1-3-16(21(17)23(28)31)14-26-9-11-27(12-10-26)18-5-2-8-24-13-18/h1,3-4,18-19,24H,2,5-15H2,(H,25,29,30). The molecular formula is C23H31N5O3. The van der Waals surface area contributed by atoms with Gasteiger partial charge in [0.1, 0.15) is 6.04 Å². The Bertz CT molecular complexity index is 874. The van der Waals surface area contributed by atoms with Gasteiger partial charge in [0.15, 0.2) is 0 Å². The van der Waals surface area contributed by atoms with Crippen LogP contribution in [0.2, 0.25) is 0 Å². The Morgan fingerprint density at radius 1 is 1.03 bits per heavy atom. The van der Waals surface area contributed by atoms with Gasteiger partial charge in [-0.1, -0.05) is 18.2 Å². The molecule has 5 rings (SSSR count). The molecule has 3 saturated heterocycles. The van der Waals surface area contributed by atoms with Crippen molar-refractivity contribution in [2.75, 3.05) is 39.3 Å². The molecule has 1 aromatic rings. The minimum Gasteiger partial charge on any atom is -0.322 e. The SMILES string of the molecule is O=C1CCC(N2Cc3cccc(CN4CCN(C5CCCNC5)CC4)c3C2=O)C(=O)N1. The number of piperidine rings is 2. The van der Waals surface area contributed by atoms with Crippen molar-refractivity contribution in [3.05, 3.63) is 34.9 Å². The van der Waals surface area contributed by atoms with Crippen LogP contribution in [0.1, 0.15) is 47.2 Å². The van der Waals surface area contributed by atoms with Crippen LogP contribution < -0.4 is 10.6 Å². The van der Waals surface area contributed by atoms with Crippen LogP contribution >= 0.6 is 0 Å². The molecule has 0 aromatic heterocycles. The van der Waals surface area contributed by atoms with Gasteiger partial charge in [0.25, 0.3) is 5.91 Å². The molecule has 8 heteroatoms. The quantitative estimate of drug-likeness (QED) is 0.676. The number of imide groups is 1. The van der Waals surface area contributed by atoms with E-state index in [1.807, 2.05) is 18.2 Å². The summed E-state index contributed by atoms with van der Waals surface area (Å²) in [5, 5.41) is 5.88. The summed E-state index contributed by atoms with van der Waals surface area (Å²) in [7, 11) is 0. The summed E-state index contributed by atoms with van der Waals surface area (Å²) in [6.45, 7) is 7.58. The van der Waals surface area contributed by atoms with Gasteiger partial charge in [-0.05, 0) is 36.9 Å². The summed E-state index contributed by atoms with van der Waals surface area (Å²) in [6.07, 6.45) is 3.22. The Kier molecular flexibility index (Phi) is 5.77. The molecule has 31 heavy (non-hydrogen) atoms. The van der Waals surface area contributed by atoms with Gasteiger partial charge in [0.05, 0.1) is 0 Å². The number of carbonyl (C=O) groups excluding carboxylic acids is 3. The molecule has 3 amide bonds. The van der Waals surface area contributed by atoms with Crippen LogP contribution in [-0.4, -0.2) is 83.8 Å². The second-order valence-corrected chi connectivity index (χ2v) is 9.16. The van der Waals surface area contributed by atoms with E-state index in [2.05, 4.69) is 20.4 Å². The predicted molar refractivity (Wildman–Crippen MR) is 115 cm³/mol. The molecule has 4 aliphatic rings. The lowest BCUT2D eigenvalue weighted by Crippen LogP contribution is -2.54. The van der Waals surface area contributed by atoms with Crippen LogP contribution in [0.4, 0.5) is 0 Å². The topological polar surface area (TPSA) is 85.0 Å². The highest BCUT2D eigenvalue weighted by atomic mass is 16.2. The van der Waals surface area contributed by atoms with Crippen molar-refractivity contribution in [1.29, 1.82) is 0 Å². The molecule has 4 aliphatic heterocycles. The molecule has 4 heterocycles. The van der Waals surface area contributed by atoms with E-state index in [0.717, 1.165) is 62.5 Å². The number of rotatable bonds is 4. The highest BCUT2D eigenvalue weighted by Crippen LogP contribution is 2.30. The highest BCUT2D eigenvalue weighted by molar-refractivity contribution is 6.05. The fourth-order valence-corrected chi connectivity index (χ4v) is 5.49. The van der Waals surface area contributed by atoms with E-state index in [-0.39, 0.29) is 24.1 Å². The zero-order valence-corrected chi connectivity index (χ0v) is 17.9. The van der Waals surface area contributed by atoms with Gasteiger partial charge in [-0.3, -0.25) is 29.5 Å². The lowest BCUT2D eigenvalue weighted by molar-refractivity contribution is -0.136. The van der Waals surface area contributed by atoms with Crippen molar-refractivity contribution in [3.63, 3.8) is 0 Å². The Labute approximate surface area is 182 Å². The van der Waals surface area contributed by atoms with Gasteiger partial charge >= 0.3 is 0 Å². The molecule has 2 unspecified atom stereocenters. The van der Waals surface area contributed by atoms with Crippen LogP contribution in [0.5, 0.6) is 0 Å². The third kappa shape index (κ3) is 4.12. The number of nitrogens with zero attached hydrogens (tertiary/aromatic N) is 3. The normalized spacial score (nSPS) is 28.0. The van der Waals surface area contributed by atoms with Gasteiger partial charge in [-0.15, -0.1) is 0 Å². The van der Waals surface area contributed by atoms with Gasteiger partial charge in [0, 0.05) is 63.8 Å². The minimum absolute atomic E-state index is 0.0768. The number of piperazine rings is 1. The van der Waals surface area contributed by atoms with Gasteiger partial charge in [-0.25, -0.2) is 0 Å². The first kappa shape index (κ1) is 20.6. The molecule has 166 valence electrons. The number of fused-ring (bicyclic) bond motifs is 1. The van der Waals surface area contributed by atoms with E-state index in [0.29, 0.717) is 19.0 Å². The van der Waals surface area contributed by atoms with Crippen molar-refractivity contribution in [1.82, 2.24) is 25.3 Å². The van der Waals surface area contributed by atoms with E-state index >= 15 is 0 Å². The Balaban J connectivity index is 1.24. The summed E-state index contributed by atoms with van der Waals surface area (Å²) < 4.78 is 0. The number of hydrogen-bond donors (Lipinski definition) is 2. The predicted octanol–water partition coefficient (Wildman–Crippen LogP) is 0.317. The number of hydrogen-bond acceptors (Lipinski definition) is 6. The van der Waals surface area contributed by atoms with Crippen LogP contribution in [-0.2, 0) is 22.7 Å². The summed E-state index contributed by atoms with van der Waals surface area (Å²) in [6, 6.07) is 6.14. The largest absolute Gasteiger partial charge is 0.322 e. The molecular weight excluding hydrogens is 394 g/mol. The van der Waals surface area contributed by atoms with E-state index < -0.39 is 6.04 Å². The van der Waals surface area contributed by atoms with Gasteiger partial charge in [0.2, 0.25) is 11.8 Å². The smallest absolute Gasteiger partial charge is 0.255 e. The first-order chi connectivity index (χ1) is 15.1. The number of nitrogens with one attached hydrogen (secondary N) is 2. The minimum atomic E-state index is -0.557. The third-order valence-corrected chi connectivity index (χ3v) is 7.23. The van der Waals surface area contributed by atoms with Gasteiger partial charge in [-0.2, -0.15) is 0 Å². The van der Waals surface area contributed by atoms with Crippen molar-refractivity contribution < 1.29 is 14.4 Å². The summed E-state index contributed by atoms with van der Waals surface area (Å²) in [5.41, 5.74) is 2.79. The number of amides is 3. The van der Waals surface area contributed by atoms with Crippen molar-refractivity contribution in [3.8, 4) is 0 Å². The van der Waals surface area contributed by atoms with Crippen molar-refractivity contribution >= 4 is 17.7 Å². The first-order valence-corrected chi connectivity index (χ1v) is 11.5. The van der Waals surface area contributed by atoms with E-state index in [4.69, 9.17) is 0 Å². The molecule has 1 aromatic carbocycles. The highest BCUT2D eigenvalue weighted by Gasteiger charge is 2.40. The lowest BCUT2D eigenvalue weighted by atomic mass is 10.0. The molecule has 3 fully saturated rings. The first-order valence-electron chi connectivity index (χ1n) is 11.5. The third-order valence-electron chi connectivity index (χ3n) is 7.23. The Hall–Kier alpha value is -2.29. The maximum absolute atomic E-state index is 13.3. The number of benzene rings is 1. The zero-order chi connectivity index (χ0) is 21.4. The second kappa shape index (κ2) is 8.68. The Morgan fingerprint density at radius 3 is 2.61 bits per heavy atom. The molecule has 2 atom stereocenters. The van der Waals surface area contributed by atoms with Crippen LogP contribution in [0.15, 0.2) is 18.2 Å². The van der Waals surface area contributed by atoms with Crippen LogP contribution in [0, 0.1) is 0 Å². The van der Waals surface area contributed by atoms with Crippen LogP contribution in [0.25, 0.3) is 0 Å². The van der Waals surface area contributed by atoms with Gasteiger partial charge < -0.3 is 10.2 Å². The summed E-state index contributed by atoms with van der Waals surface area (Å²) >= 11 is 0. The van der Waals surface area contributed by atoms with Crippen molar-refractivity contribution in [2.24, 2.45) is 0 Å². The summed E-state index contributed by atoms with van der Waals surface area (Å²) in [4.78, 5) is 43.7. The molecule has 0 aliphatic carbocycles. The maximum Gasteiger partial charge on any atom is 0.255 e. The van der Waals surface area contributed by atoms with Crippen LogP contribution in [0.3, 0.4) is 0 Å².